The number of nitrogens with two attached hydrogens (primary N) is 1. The van der Waals surface area contributed by atoms with E-state index in [-0.39, 0.29) is 29.8 Å². The number of nitrogens with one attached hydrogen (secondary N) is 1. The summed E-state index contributed by atoms with van der Waals surface area (Å²) in [6.07, 6.45) is 0.772. The Hall–Kier alpha value is -2.71. The SMILES string of the molecule is Cc1ccc(S(=O)(=O)N2CCC(C(=O)NC(C(N)=O)c3ccccc3)CC2)cc1. The summed E-state index contributed by atoms with van der Waals surface area (Å²) in [4.78, 5) is 24.7. The molecule has 2 amide bonds. The average molecular weight is 416 g/mol. The maximum absolute atomic E-state index is 12.8. The summed E-state index contributed by atoms with van der Waals surface area (Å²) in [5.41, 5.74) is 7.07. The van der Waals surface area contributed by atoms with Gasteiger partial charge in [-0.05, 0) is 37.5 Å². The summed E-state index contributed by atoms with van der Waals surface area (Å²) in [6, 6.07) is 14.6. The van der Waals surface area contributed by atoms with Gasteiger partial charge in [-0.25, -0.2) is 8.42 Å². The van der Waals surface area contributed by atoms with Crippen molar-refractivity contribution < 1.29 is 18.0 Å². The maximum atomic E-state index is 12.8. The van der Waals surface area contributed by atoms with Gasteiger partial charge in [-0.1, -0.05) is 48.0 Å². The molecule has 0 spiro atoms. The van der Waals surface area contributed by atoms with Crippen molar-refractivity contribution in [2.45, 2.75) is 30.7 Å². The van der Waals surface area contributed by atoms with Crippen LogP contribution >= 0.6 is 0 Å². The summed E-state index contributed by atoms with van der Waals surface area (Å²) >= 11 is 0. The van der Waals surface area contributed by atoms with E-state index in [2.05, 4.69) is 5.32 Å². The molecule has 0 saturated carbocycles. The lowest BCUT2D eigenvalue weighted by atomic mass is 9.96. The van der Waals surface area contributed by atoms with E-state index in [4.69, 9.17) is 5.73 Å². The van der Waals surface area contributed by atoms with Crippen LogP contribution in [0, 0.1) is 12.8 Å². The van der Waals surface area contributed by atoms with Crippen LogP contribution in [-0.4, -0.2) is 37.6 Å². The number of carbonyl (C=O) groups excluding carboxylic acids is 2. The van der Waals surface area contributed by atoms with Gasteiger partial charge in [-0.2, -0.15) is 4.31 Å². The van der Waals surface area contributed by atoms with Gasteiger partial charge >= 0.3 is 0 Å². The Balaban J connectivity index is 1.63. The number of sulfonamides is 1. The monoisotopic (exact) mass is 415 g/mol. The third-order valence-corrected chi connectivity index (χ3v) is 7.10. The molecule has 1 heterocycles. The van der Waals surface area contributed by atoms with E-state index in [1.54, 1.807) is 48.5 Å². The van der Waals surface area contributed by atoms with Crippen molar-refractivity contribution in [2.75, 3.05) is 13.1 Å². The summed E-state index contributed by atoms with van der Waals surface area (Å²) in [5, 5.41) is 2.71. The van der Waals surface area contributed by atoms with Crippen LogP contribution in [0.3, 0.4) is 0 Å². The Morgan fingerprint density at radius 2 is 1.62 bits per heavy atom. The van der Waals surface area contributed by atoms with Crippen LogP contribution in [0.1, 0.15) is 30.0 Å². The first-order valence-corrected chi connectivity index (χ1v) is 10.9. The molecule has 1 unspecified atom stereocenters. The summed E-state index contributed by atoms with van der Waals surface area (Å²) in [7, 11) is -3.58. The molecule has 1 fully saturated rings. The van der Waals surface area contributed by atoms with Gasteiger partial charge in [0.2, 0.25) is 21.8 Å². The molecule has 7 nitrogen and oxygen atoms in total. The predicted molar refractivity (Wildman–Crippen MR) is 109 cm³/mol. The Morgan fingerprint density at radius 3 is 2.17 bits per heavy atom. The lowest BCUT2D eigenvalue weighted by Crippen LogP contribution is -2.45. The van der Waals surface area contributed by atoms with Crippen molar-refractivity contribution in [1.82, 2.24) is 9.62 Å². The van der Waals surface area contributed by atoms with Crippen molar-refractivity contribution in [3.05, 3.63) is 65.7 Å². The standard InChI is InChI=1S/C21H25N3O4S/c1-15-7-9-18(10-8-15)29(27,28)24-13-11-17(12-14-24)21(26)23-19(20(22)25)16-5-3-2-4-6-16/h2-10,17,19H,11-14H2,1H3,(H2,22,25)(H,23,26). The second-order valence-corrected chi connectivity index (χ2v) is 9.18. The molecule has 29 heavy (non-hydrogen) atoms. The Labute approximate surface area is 171 Å². The highest BCUT2D eigenvalue weighted by molar-refractivity contribution is 7.89. The quantitative estimate of drug-likeness (QED) is 0.749. The van der Waals surface area contributed by atoms with Crippen LogP contribution in [0.25, 0.3) is 0 Å². The minimum Gasteiger partial charge on any atom is -0.368 e. The first-order chi connectivity index (χ1) is 13.8. The minimum atomic E-state index is -3.58. The molecule has 1 saturated heterocycles. The molecule has 0 bridgehead atoms. The number of aryl methyl sites for hydroxylation is 1. The smallest absolute Gasteiger partial charge is 0.244 e. The lowest BCUT2D eigenvalue weighted by Gasteiger charge is -2.31. The molecule has 3 N–H and O–H groups in total. The van der Waals surface area contributed by atoms with E-state index in [1.165, 1.54) is 4.31 Å². The zero-order valence-electron chi connectivity index (χ0n) is 16.2. The third-order valence-electron chi connectivity index (χ3n) is 5.19. The largest absolute Gasteiger partial charge is 0.368 e. The van der Waals surface area contributed by atoms with Crippen LogP contribution in [0.2, 0.25) is 0 Å². The van der Waals surface area contributed by atoms with Crippen LogP contribution in [0.5, 0.6) is 0 Å². The highest BCUT2D eigenvalue weighted by Gasteiger charge is 2.33. The van der Waals surface area contributed by atoms with E-state index in [0.29, 0.717) is 18.4 Å². The van der Waals surface area contributed by atoms with Crippen molar-refractivity contribution in [2.24, 2.45) is 11.7 Å². The fourth-order valence-electron chi connectivity index (χ4n) is 3.44. The molecule has 0 aliphatic carbocycles. The van der Waals surface area contributed by atoms with Crippen molar-refractivity contribution in [1.29, 1.82) is 0 Å². The first-order valence-electron chi connectivity index (χ1n) is 9.50. The Kier molecular flexibility index (Phi) is 6.34. The van der Waals surface area contributed by atoms with Crippen LogP contribution < -0.4 is 11.1 Å². The van der Waals surface area contributed by atoms with Crippen LogP contribution in [0.4, 0.5) is 0 Å². The molecule has 1 aliphatic heterocycles. The fourth-order valence-corrected chi connectivity index (χ4v) is 4.91. The van der Waals surface area contributed by atoms with Crippen molar-refractivity contribution in [3.63, 3.8) is 0 Å². The molecular formula is C21H25N3O4S. The number of primary amides is 1. The Morgan fingerprint density at radius 1 is 1.03 bits per heavy atom. The maximum Gasteiger partial charge on any atom is 0.244 e. The van der Waals surface area contributed by atoms with Gasteiger partial charge in [-0.3, -0.25) is 9.59 Å². The molecule has 154 valence electrons. The number of nitrogens with zero attached hydrogens (tertiary/aromatic N) is 1. The van der Waals surface area contributed by atoms with Gasteiger partial charge in [0.05, 0.1) is 4.90 Å². The summed E-state index contributed by atoms with van der Waals surface area (Å²) < 4.78 is 27.0. The highest BCUT2D eigenvalue weighted by atomic mass is 32.2. The van der Waals surface area contributed by atoms with E-state index in [0.717, 1.165) is 5.56 Å². The van der Waals surface area contributed by atoms with Gasteiger partial charge in [0, 0.05) is 19.0 Å². The molecule has 0 aromatic heterocycles. The Bertz CT molecular complexity index is 967. The minimum absolute atomic E-state index is 0.251. The third kappa shape index (κ3) is 4.83. The molecule has 3 rings (SSSR count). The van der Waals surface area contributed by atoms with E-state index < -0.39 is 22.0 Å². The number of rotatable bonds is 6. The number of piperidine rings is 1. The molecule has 2 aromatic carbocycles. The zero-order chi connectivity index (χ0) is 21.0. The second kappa shape index (κ2) is 8.75. The van der Waals surface area contributed by atoms with Gasteiger partial charge in [0.15, 0.2) is 0 Å². The first kappa shape index (κ1) is 21.0. The predicted octanol–water partition coefficient (Wildman–Crippen LogP) is 1.74. The van der Waals surface area contributed by atoms with Crippen LogP contribution in [-0.2, 0) is 19.6 Å². The van der Waals surface area contributed by atoms with Gasteiger partial charge in [0.25, 0.3) is 0 Å². The molecule has 8 heteroatoms. The van der Waals surface area contributed by atoms with Crippen molar-refractivity contribution >= 4 is 21.8 Å². The molecule has 1 atom stereocenters. The number of hydrogen-bond donors (Lipinski definition) is 2. The summed E-state index contributed by atoms with van der Waals surface area (Å²) in [5.74, 6) is -1.29. The van der Waals surface area contributed by atoms with E-state index >= 15 is 0 Å². The topological polar surface area (TPSA) is 110 Å². The highest BCUT2D eigenvalue weighted by Crippen LogP contribution is 2.25. The number of hydrogen-bond acceptors (Lipinski definition) is 4. The molecular weight excluding hydrogens is 390 g/mol. The number of benzene rings is 2. The fraction of sp³-hybridized carbons (Fsp3) is 0.333. The van der Waals surface area contributed by atoms with Gasteiger partial charge in [-0.15, -0.1) is 0 Å². The number of amides is 2. The van der Waals surface area contributed by atoms with Gasteiger partial charge < -0.3 is 11.1 Å². The van der Waals surface area contributed by atoms with Crippen LogP contribution in [0.15, 0.2) is 59.5 Å². The molecule has 0 radical (unpaired) electrons. The zero-order valence-corrected chi connectivity index (χ0v) is 17.1. The van der Waals surface area contributed by atoms with E-state index in [9.17, 15) is 18.0 Å². The summed E-state index contributed by atoms with van der Waals surface area (Å²) in [6.45, 7) is 2.40. The molecule has 1 aliphatic rings. The van der Waals surface area contributed by atoms with Gasteiger partial charge in [0.1, 0.15) is 6.04 Å². The molecule has 2 aromatic rings. The lowest BCUT2D eigenvalue weighted by molar-refractivity contribution is -0.130. The second-order valence-electron chi connectivity index (χ2n) is 7.25. The number of carbonyl (C=O) groups is 2. The average Bonchev–Trinajstić information content (AvgIpc) is 2.72. The normalized spacial score (nSPS) is 16.9. The van der Waals surface area contributed by atoms with Crippen molar-refractivity contribution in [3.8, 4) is 0 Å². The van der Waals surface area contributed by atoms with E-state index in [1.807, 2.05) is 13.0 Å².